The molecule has 0 aliphatic heterocycles. The molecule has 0 heterocycles. The smallest absolute Gasteiger partial charge is 0.191 e. The number of ether oxygens (including phenoxy) is 1. The molecule has 28 heavy (non-hydrogen) atoms. The maximum absolute atomic E-state index is 11.5. The fourth-order valence-corrected chi connectivity index (χ4v) is 5.42. The van der Waals surface area contributed by atoms with Gasteiger partial charge in [0.05, 0.1) is 11.9 Å². The van der Waals surface area contributed by atoms with Crippen LogP contribution in [0.5, 0.6) is 0 Å². The maximum atomic E-state index is 11.5. The average Bonchev–Trinajstić information content (AvgIpc) is 2.62. The molecule has 2 N–H and O–H groups in total. The van der Waals surface area contributed by atoms with Gasteiger partial charge in [0.2, 0.25) is 0 Å². The average molecular weight is 530 g/mol. The predicted molar refractivity (Wildman–Crippen MR) is 127 cm³/mol. The Morgan fingerprint density at radius 1 is 1.25 bits per heavy atom. The molecule has 2 saturated carbocycles. The maximum Gasteiger partial charge on any atom is 0.191 e. The van der Waals surface area contributed by atoms with Gasteiger partial charge < -0.3 is 15.4 Å². The highest BCUT2D eigenvalue weighted by atomic mass is 127. The van der Waals surface area contributed by atoms with Crippen molar-refractivity contribution in [2.45, 2.75) is 77.9 Å². The van der Waals surface area contributed by atoms with E-state index in [4.69, 9.17) is 4.74 Å². The van der Waals surface area contributed by atoms with E-state index in [0.29, 0.717) is 25.1 Å². The Morgan fingerprint density at radius 2 is 1.89 bits per heavy atom. The summed E-state index contributed by atoms with van der Waals surface area (Å²) in [5.41, 5.74) is 0.133. The van der Waals surface area contributed by atoms with Gasteiger partial charge in [-0.2, -0.15) is 0 Å². The fourth-order valence-electron chi connectivity index (χ4n) is 4.50. The van der Waals surface area contributed by atoms with E-state index in [2.05, 4.69) is 36.4 Å². The minimum atomic E-state index is -2.93. The first-order valence-corrected chi connectivity index (χ1v) is 12.4. The van der Waals surface area contributed by atoms with Crippen LogP contribution >= 0.6 is 24.0 Å². The first-order valence-electron chi connectivity index (χ1n) is 10.4. The Balaban J connectivity index is 0.00000392. The second-order valence-corrected chi connectivity index (χ2v) is 11.4. The van der Waals surface area contributed by atoms with Crippen molar-refractivity contribution in [1.29, 1.82) is 0 Å². The number of nitrogens with zero attached hydrogens (tertiary/aromatic N) is 1. The molecule has 2 atom stereocenters. The van der Waals surface area contributed by atoms with E-state index in [1.165, 1.54) is 38.4 Å². The van der Waals surface area contributed by atoms with Crippen molar-refractivity contribution in [2.24, 2.45) is 15.8 Å². The molecular weight excluding hydrogens is 489 g/mol. The summed E-state index contributed by atoms with van der Waals surface area (Å²) >= 11 is 0. The van der Waals surface area contributed by atoms with Crippen molar-refractivity contribution in [2.75, 3.05) is 32.2 Å². The topological polar surface area (TPSA) is 79.8 Å². The standard InChI is InChI=1S/C20H39N3O3S.HI/c1-6-26-17-14-16(20(17)10-8-7-9-11-20)23-18(21-4)22-15-19(2,3)12-13-27(5,24)25;/h16-17H,6-15H2,1-5H3,(H2,21,22,23);1H. The van der Waals surface area contributed by atoms with Crippen LogP contribution in [-0.2, 0) is 14.6 Å². The van der Waals surface area contributed by atoms with E-state index in [9.17, 15) is 8.42 Å². The van der Waals surface area contributed by atoms with Crippen LogP contribution in [0.2, 0.25) is 0 Å². The lowest BCUT2D eigenvalue weighted by Gasteiger charge is -2.58. The van der Waals surface area contributed by atoms with Crippen molar-refractivity contribution in [3.63, 3.8) is 0 Å². The summed E-state index contributed by atoms with van der Waals surface area (Å²) in [6, 6.07) is 0.402. The zero-order chi connectivity index (χ0) is 20.1. The lowest BCUT2D eigenvalue weighted by atomic mass is 9.55. The van der Waals surface area contributed by atoms with Crippen LogP contribution in [0, 0.1) is 10.8 Å². The summed E-state index contributed by atoms with van der Waals surface area (Å²) in [7, 11) is -1.14. The van der Waals surface area contributed by atoms with Gasteiger partial charge in [0.25, 0.3) is 0 Å². The molecule has 2 unspecified atom stereocenters. The van der Waals surface area contributed by atoms with Crippen LogP contribution in [0.3, 0.4) is 0 Å². The van der Waals surface area contributed by atoms with Gasteiger partial charge in [-0.3, -0.25) is 4.99 Å². The summed E-state index contributed by atoms with van der Waals surface area (Å²) < 4.78 is 28.9. The number of hydrogen-bond donors (Lipinski definition) is 2. The molecular formula is C20H40IN3O3S. The minimum absolute atomic E-state index is 0. The van der Waals surface area contributed by atoms with Gasteiger partial charge in [0.1, 0.15) is 9.84 Å². The number of hydrogen-bond acceptors (Lipinski definition) is 4. The van der Waals surface area contributed by atoms with Crippen molar-refractivity contribution in [3.8, 4) is 0 Å². The zero-order valence-electron chi connectivity index (χ0n) is 18.2. The molecule has 0 bridgehead atoms. The lowest BCUT2D eigenvalue weighted by Crippen LogP contribution is -2.66. The number of nitrogens with one attached hydrogen (secondary N) is 2. The number of sulfone groups is 1. The molecule has 0 aromatic heterocycles. The Labute approximate surface area is 189 Å². The summed E-state index contributed by atoms with van der Waals surface area (Å²) in [4.78, 5) is 4.41. The van der Waals surface area contributed by atoms with Gasteiger partial charge in [-0.15, -0.1) is 24.0 Å². The van der Waals surface area contributed by atoms with Crippen LogP contribution in [0.4, 0.5) is 0 Å². The Kier molecular flexibility index (Phi) is 10.0. The van der Waals surface area contributed by atoms with Gasteiger partial charge >= 0.3 is 0 Å². The van der Waals surface area contributed by atoms with Gasteiger partial charge in [-0.05, 0) is 38.0 Å². The van der Waals surface area contributed by atoms with E-state index in [0.717, 1.165) is 19.0 Å². The molecule has 1 spiro atoms. The molecule has 0 radical (unpaired) electrons. The van der Waals surface area contributed by atoms with Crippen molar-refractivity contribution >= 4 is 39.8 Å². The van der Waals surface area contributed by atoms with Crippen LogP contribution in [0.25, 0.3) is 0 Å². The Bertz CT molecular complexity index is 616. The molecule has 6 nitrogen and oxygen atoms in total. The predicted octanol–water partition coefficient (Wildman–Crippen LogP) is 3.36. The van der Waals surface area contributed by atoms with Crippen LogP contribution in [0.1, 0.15) is 65.7 Å². The minimum Gasteiger partial charge on any atom is -0.378 e. The van der Waals surface area contributed by atoms with Gasteiger partial charge in [0.15, 0.2) is 5.96 Å². The monoisotopic (exact) mass is 529 g/mol. The summed E-state index contributed by atoms with van der Waals surface area (Å²) in [5.74, 6) is 1.03. The van der Waals surface area contributed by atoms with Gasteiger partial charge in [-0.25, -0.2) is 8.42 Å². The molecule has 8 heteroatoms. The highest BCUT2D eigenvalue weighted by molar-refractivity contribution is 14.0. The van der Waals surface area contributed by atoms with E-state index in [1.54, 1.807) is 7.05 Å². The molecule has 2 aliphatic carbocycles. The van der Waals surface area contributed by atoms with Crippen LogP contribution in [-0.4, -0.2) is 58.7 Å². The molecule has 0 saturated heterocycles. The fraction of sp³-hybridized carbons (Fsp3) is 0.950. The van der Waals surface area contributed by atoms with Crippen molar-refractivity contribution in [3.05, 3.63) is 0 Å². The Morgan fingerprint density at radius 3 is 2.43 bits per heavy atom. The second kappa shape index (κ2) is 10.8. The molecule has 2 rings (SSSR count). The van der Waals surface area contributed by atoms with Crippen LogP contribution < -0.4 is 10.6 Å². The third-order valence-electron chi connectivity index (χ3n) is 6.36. The summed E-state index contributed by atoms with van der Waals surface area (Å²) in [6.07, 6.45) is 9.68. The highest BCUT2D eigenvalue weighted by Crippen LogP contribution is 2.53. The molecule has 166 valence electrons. The largest absolute Gasteiger partial charge is 0.378 e. The third kappa shape index (κ3) is 7.00. The molecule has 0 aromatic carbocycles. The first kappa shape index (κ1) is 25.9. The lowest BCUT2D eigenvalue weighted by molar-refractivity contribution is -0.145. The summed E-state index contributed by atoms with van der Waals surface area (Å²) in [5, 5.41) is 7.05. The van der Waals surface area contributed by atoms with Crippen LogP contribution in [0.15, 0.2) is 4.99 Å². The number of guanidine groups is 1. The molecule has 2 aliphatic rings. The number of halogens is 1. The highest BCUT2D eigenvalue weighted by Gasteiger charge is 2.55. The quantitative estimate of drug-likeness (QED) is 0.287. The third-order valence-corrected chi connectivity index (χ3v) is 7.30. The molecule has 0 amide bonds. The number of rotatable bonds is 8. The summed E-state index contributed by atoms with van der Waals surface area (Å²) in [6.45, 7) is 7.74. The normalized spacial score (nSPS) is 25.0. The Hall–Kier alpha value is -0.0900. The van der Waals surface area contributed by atoms with E-state index in [-0.39, 0.29) is 40.6 Å². The second-order valence-electron chi connectivity index (χ2n) is 9.14. The molecule has 0 aromatic rings. The van der Waals surface area contributed by atoms with Gasteiger partial charge in [0, 0.05) is 37.9 Å². The van der Waals surface area contributed by atoms with E-state index in [1.807, 2.05) is 0 Å². The van der Waals surface area contributed by atoms with Crippen molar-refractivity contribution < 1.29 is 13.2 Å². The first-order chi connectivity index (χ1) is 12.6. The SMILES string of the molecule is CCOC1CC(NC(=NC)NCC(C)(C)CCS(C)(=O)=O)C12CCCCC2.I. The van der Waals surface area contributed by atoms with Crippen molar-refractivity contribution in [1.82, 2.24) is 10.6 Å². The number of aliphatic imine (C=N–C) groups is 1. The van der Waals surface area contributed by atoms with E-state index >= 15 is 0 Å². The zero-order valence-corrected chi connectivity index (χ0v) is 21.4. The van der Waals surface area contributed by atoms with E-state index < -0.39 is 9.84 Å². The molecule has 2 fully saturated rings. The van der Waals surface area contributed by atoms with Gasteiger partial charge in [-0.1, -0.05) is 33.1 Å².